The molecule has 0 aliphatic rings. The number of carbonyl (C=O) groups excluding carboxylic acids is 2. The highest BCUT2D eigenvalue weighted by molar-refractivity contribution is 5.75. The number of unbranched alkanes of at least 4 members (excludes halogenated alkanes) is 10. The van der Waals surface area contributed by atoms with Crippen LogP contribution in [0.4, 0.5) is 0 Å². The molecule has 0 bridgehead atoms. The Labute approximate surface area is 182 Å². The number of rotatable bonds is 17. The number of hydrogen-bond acceptors (Lipinski definition) is 5. The summed E-state index contributed by atoms with van der Waals surface area (Å²) in [6.07, 6.45) is 13.8. The van der Waals surface area contributed by atoms with Crippen molar-refractivity contribution in [1.82, 2.24) is 0 Å². The molecule has 1 aromatic rings. The molecule has 0 spiro atoms. The fourth-order valence-electron chi connectivity index (χ4n) is 3.18. The van der Waals surface area contributed by atoms with Crippen molar-refractivity contribution in [3.8, 4) is 5.75 Å². The summed E-state index contributed by atoms with van der Waals surface area (Å²) >= 11 is 0. The van der Waals surface area contributed by atoms with Crippen LogP contribution < -0.4 is 4.74 Å². The van der Waals surface area contributed by atoms with E-state index in [4.69, 9.17) is 14.2 Å². The van der Waals surface area contributed by atoms with Gasteiger partial charge in [-0.15, -0.1) is 0 Å². The van der Waals surface area contributed by atoms with Crippen LogP contribution in [0.3, 0.4) is 0 Å². The van der Waals surface area contributed by atoms with Gasteiger partial charge in [0.2, 0.25) is 0 Å². The van der Waals surface area contributed by atoms with Gasteiger partial charge < -0.3 is 14.2 Å². The zero-order chi connectivity index (χ0) is 22.0. The van der Waals surface area contributed by atoms with E-state index in [9.17, 15) is 9.59 Å². The molecule has 0 aromatic heterocycles. The molecule has 0 aliphatic carbocycles. The second-order valence-corrected chi connectivity index (χ2v) is 7.99. The SMILES string of the molecule is CCCCCCCCCCCCCOC(=O)COCC(=O)Oc1cc(C)ccc1C. The van der Waals surface area contributed by atoms with E-state index in [1.54, 1.807) is 6.07 Å². The first-order valence-electron chi connectivity index (χ1n) is 11.5. The van der Waals surface area contributed by atoms with Gasteiger partial charge in [0.05, 0.1) is 6.61 Å². The highest BCUT2D eigenvalue weighted by Crippen LogP contribution is 2.19. The largest absolute Gasteiger partial charge is 0.464 e. The summed E-state index contributed by atoms with van der Waals surface area (Å²) in [5, 5.41) is 0. The Kier molecular flexibility index (Phi) is 14.7. The van der Waals surface area contributed by atoms with Crippen molar-refractivity contribution in [1.29, 1.82) is 0 Å². The lowest BCUT2D eigenvalue weighted by Crippen LogP contribution is -2.20. The van der Waals surface area contributed by atoms with E-state index in [-0.39, 0.29) is 13.2 Å². The third-order valence-electron chi connectivity index (χ3n) is 5.02. The summed E-state index contributed by atoms with van der Waals surface area (Å²) in [6, 6.07) is 5.65. The van der Waals surface area contributed by atoms with Crippen LogP contribution in [0.5, 0.6) is 5.75 Å². The van der Waals surface area contributed by atoms with E-state index in [2.05, 4.69) is 6.92 Å². The quantitative estimate of drug-likeness (QED) is 0.174. The van der Waals surface area contributed by atoms with Gasteiger partial charge in [0.25, 0.3) is 0 Å². The fourth-order valence-corrected chi connectivity index (χ4v) is 3.18. The van der Waals surface area contributed by atoms with Crippen LogP contribution in [0, 0.1) is 13.8 Å². The van der Waals surface area contributed by atoms with Crippen LogP contribution in [0.25, 0.3) is 0 Å². The zero-order valence-corrected chi connectivity index (χ0v) is 19.2. The van der Waals surface area contributed by atoms with Gasteiger partial charge in [-0.1, -0.05) is 83.3 Å². The maximum absolute atomic E-state index is 11.8. The maximum atomic E-state index is 11.8. The first-order valence-corrected chi connectivity index (χ1v) is 11.5. The summed E-state index contributed by atoms with van der Waals surface area (Å²) in [7, 11) is 0. The van der Waals surface area contributed by atoms with Crippen molar-refractivity contribution in [2.24, 2.45) is 0 Å². The molecule has 1 aromatic carbocycles. The van der Waals surface area contributed by atoms with Crippen LogP contribution in [-0.4, -0.2) is 31.8 Å². The van der Waals surface area contributed by atoms with Crippen molar-refractivity contribution >= 4 is 11.9 Å². The van der Waals surface area contributed by atoms with Crippen molar-refractivity contribution in [3.05, 3.63) is 29.3 Å². The van der Waals surface area contributed by atoms with Gasteiger partial charge in [0.15, 0.2) is 0 Å². The molecule has 0 aliphatic heterocycles. The van der Waals surface area contributed by atoms with Gasteiger partial charge in [-0.05, 0) is 37.5 Å². The summed E-state index contributed by atoms with van der Waals surface area (Å²) < 4.78 is 15.5. The Morgan fingerprint density at radius 1 is 0.767 bits per heavy atom. The highest BCUT2D eigenvalue weighted by Gasteiger charge is 2.10. The van der Waals surface area contributed by atoms with Crippen LogP contribution in [0.2, 0.25) is 0 Å². The van der Waals surface area contributed by atoms with Crippen LogP contribution in [0.1, 0.15) is 88.7 Å². The molecule has 0 N–H and O–H groups in total. The molecule has 0 unspecified atom stereocenters. The molecule has 1 rings (SSSR count). The first-order chi connectivity index (χ1) is 14.5. The van der Waals surface area contributed by atoms with E-state index < -0.39 is 11.9 Å². The second kappa shape index (κ2) is 16.9. The van der Waals surface area contributed by atoms with Gasteiger partial charge in [0, 0.05) is 0 Å². The Bertz CT molecular complexity index is 612. The Balaban J connectivity index is 1.95. The number of ether oxygens (including phenoxy) is 3. The predicted molar refractivity (Wildman–Crippen MR) is 120 cm³/mol. The lowest BCUT2D eigenvalue weighted by atomic mass is 10.1. The minimum absolute atomic E-state index is 0.236. The lowest BCUT2D eigenvalue weighted by Gasteiger charge is -2.09. The van der Waals surface area contributed by atoms with Crippen molar-refractivity contribution in [2.45, 2.75) is 91.4 Å². The fraction of sp³-hybridized carbons (Fsp3) is 0.680. The molecule has 0 heterocycles. The van der Waals surface area contributed by atoms with Gasteiger partial charge in [-0.2, -0.15) is 0 Å². The monoisotopic (exact) mass is 420 g/mol. The van der Waals surface area contributed by atoms with E-state index in [0.717, 1.165) is 24.0 Å². The molecular formula is C25H40O5. The summed E-state index contributed by atoms with van der Waals surface area (Å²) in [6.45, 7) is 5.94. The molecule has 170 valence electrons. The highest BCUT2D eigenvalue weighted by atomic mass is 16.6. The van der Waals surface area contributed by atoms with Gasteiger partial charge >= 0.3 is 11.9 Å². The maximum Gasteiger partial charge on any atom is 0.337 e. The molecule has 5 nitrogen and oxygen atoms in total. The topological polar surface area (TPSA) is 61.8 Å². The summed E-state index contributed by atoms with van der Waals surface area (Å²) in [4.78, 5) is 23.5. The van der Waals surface area contributed by atoms with Crippen LogP contribution >= 0.6 is 0 Å². The van der Waals surface area contributed by atoms with Crippen LogP contribution in [0.15, 0.2) is 18.2 Å². The Morgan fingerprint density at radius 3 is 1.97 bits per heavy atom. The number of aryl methyl sites for hydroxylation is 2. The molecule has 0 saturated heterocycles. The van der Waals surface area contributed by atoms with Crippen molar-refractivity contribution < 1.29 is 23.8 Å². The molecule has 30 heavy (non-hydrogen) atoms. The van der Waals surface area contributed by atoms with E-state index >= 15 is 0 Å². The molecule has 0 saturated carbocycles. The average molecular weight is 421 g/mol. The molecule has 0 radical (unpaired) electrons. The standard InChI is InChI=1S/C25H40O5/c1-4-5-6-7-8-9-10-11-12-13-14-17-29-24(26)19-28-20-25(27)30-23-18-21(2)15-16-22(23)3/h15-16,18H,4-14,17,19-20H2,1-3H3. The summed E-state index contributed by atoms with van der Waals surface area (Å²) in [5.74, 6) is -0.453. The Hall–Kier alpha value is -1.88. The number of benzene rings is 1. The zero-order valence-electron chi connectivity index (χ0n) is 19.2. The summed E-state index contributed by atoms with van der Waals surface area (Å²) in [5.41, 5.74) is 1.88. The minimum atomic E-state index is -0.526. The molecule has 0 atom stereocenters. The van der Waals surface area contributed by atoms with E-state index in [1.807, 2.05) is 26.0 Å². The third kappa shape index (κ3) is 13.4. The normalized spacial score (nSPS) is 10.8. The minimum Gasteiger partial charge on any atom is -0.464 e. The number of esters is 2. The third-order valence-corrected chi connectivity index (χ3v) is 5.02. The molecule has 0 amide bonds. The van der Waals surface area contributed by atoms with Crippen molar-refractivity contribution in [2.75, 3.05) is 19.8 Å². The lowest BCUT2D eigenvalue weighted by molar-refractivity contribution is -0.152. The Morgan fingerprint density at radius 2 is 1.33 bits per heavy atom. The second-order valence-electron chi connectivity index (χ2n) is 7.99. The molecular weight excluding hydrogens is 380 g/mol. The first kappa shape index (κ1) is 26.2. The molecule has 0 fully saturated rings. The van der Waals surface area contributed by atoms with Crippen molar-refractivity contribution in [3.63, 3.8) is 0 Å². The molecule has 5 heteroatoms. The van der Waals surface area contributed by atoms with E-state index in [0.29, 0.717) is 12.4 Å². The smallest absolute Gasteiger partial charge is 0.337 e. The van der Waals surface area contributed by atoms with Gasteiger partial charge in [-0.25, -0.2) is 9.59 Å². The van der Waals surface area contributed by atoms with Gasteiger partial charge in [-0.3, -0.25) is 0 Å². The van der Waals surface area contributed by atoms with Gasteiger partial charge in [0.1, 0.15) is 19.0 Å². The average Bonchev–Trinajstić information content (AvgIpc) is 2.71. The predicted octanol–water partition coefficient (Wildman–Crippen LogP) is 6.08. The number of carbonyl (C=O) groups is 2. The number of hydrogen-bond donors (Lipinski definition) is 0. The van der Waals surface area contributed by atoms with E-state index in [1.165, 1.54) is 57.8 Å². The van der Waals surface area contributed by atoms with Crippen LogP contribution in [-0.2, 0) is 19.1 Å².